The molecule has 1 saturated carbocycles. The third kappa shape index (κ3) is 5.03. The van der Waals surface area contributed by atoms with Crippen LogP contribution in [0, 0.1) is 5.82 Å². The number of rotatable bonds is 7. The SMILES string of the molecule is CN(CC(=O)Nc1ccc(F)cc1)C(=O)COC(=O)C1(c2ccccc2)CCCC1. The number of benzene rings is 2. The largest absolute Gasteiger partial charge is 0.455 e. The highest BCUT2D eigenvalue weighted by molar-refractivity contribution is 5.95. The minimum atomic E-state index is -0.708. The minimum Gasteiger partial charge on any atom is -0.455 e. The highest BCUT2D eigenvalue weighted by Crippen LogP contribution is 2.42. The number of esters is 1. The molecule has 0 aliphatic heterocycles. The number of hydrogen-bond acceptors (Lipinski definition) is 4. The topological polar surface area (TPSA) is 75.7 Å². The van der Waals surface area contributed by atoms with Crippen molar-refractivity contribution in [2.24, 2.45) is 0 Å². The molecule has 7 heteroatoms. The lowest BCUT2D eigenvalue weighted by Gasteiger charge is -2.27. The van der Waals surface area contributed by atoms with Gasteiger partial charge in [-0.25, -0.2) is 4.39 Å². The van der Waals surface area contributed by atoms with Crippen LogP contribution >= 0.6 is 0 Å². The molecule has 0 radical (unpaired) electrons. The summed E-state index contributed by atoms with van der Waals surface area (Å²) < 4.78 is 18.3. The van der Waals surface area contributed by atoms with Gasteiger partial charge in [0.15, 0.2) is 6.61 Å². The Hall–Kier alpha value is -3.22. The molecule has 0 saturated heterocycles. The van der Waals surface area contributed by atoms with Crippen LogP contribution in [0.3, 0.4) is 0 Å². The molecule has 1 fully saturated rings. The molecule has 0 heterocycles. The fourth-order valence-corrected chi connectivity index (χ4v) is 3.76. The number of nitrogens with zero attached hydrogens (tertiary/aromatic N) is 1. The smallest absolute Gasteiger partial charge is 0.317 e. The van der Waals surface area contributed by atoms with Gasteiger partial charge in [0.2, 0.25) is 5.91 Å². The van der Waals surface area contributed by atoms with Gasteiger partial charge in [-0.05, 0) is 42.7 Å². The number of halogens is 1. The van der Waals surface area contributed by atoms with Gasteiger partial charge in [0.05, 0.1) is 12.0 Å². The average molecular weight is 412 g/mol. The summed E-state index contributed by atoms with van der Waals surface area (Å²) in [6, 6.07) is 14.8. The third-order valence-electron chi connectivity index (χ3n) is 5.44. The Balaban J connectivity index is 1.53. The molecule has 1 aliphatic carbocycles. The molecular weight excluding hydrogens is 387 g/mol. The van der Waals surface area contributed by atoms with E-state index in [1.165, 1.54) is 36.2 Å². The second-order valence-corrected chi connectivity index (χ2v) is 7.54. The standard InChI is InChI=1S/C23H25FN2O4/c1-26(15-20(27)25-19-11-9-18(24)10-12-19)21(28)16-30-22(29)23(13-5-6-14-23)17-7-3-2-4-8-17/h2-4,7-12H,5-6,13-16H2,1H3,(H,25,27). The Labute approximate surface area is 175 Å². The second-order valence-electron chi connectivity index (χ2n) is 7.54. The zero-order chi connectivity index (χ0) is 21.6. The number of anilines is 1. The van der Waals surface area contributed by atoms with Crippen LogP contribution in [0.2, 0.25) is 0 Å². The summed E-state index contributed by atoms with van der Waals surface area (Å²) in [4.78, 5) is 38.5. The van der Waals surface area contributed by atoms with Crippen molar-refractivity contribution in [3.63, 3.8) is 0 Å². The molecule has 0 aromatic heterocycles. The normalized spacial score (nSPS) is 14.7. The number of likely N-dealkylation sites (N-methyl/N-ethyl adjacent to an activating group) is 1. The average Bonchev–Trinajstić information content (AvgIpc) is 3.25. The van der Waals surface area contributed by atoms with Crippen molar-refractivity contribution in [3.05, 3.63) is 66.0 Å². The van der Waals surface area contributed by atoms with Crippen LogP contribution in [0.25, 0.3) is 0 Å². The molecule has 2 aromatic carbocycles. The van der Waals surface area contributed by atoms with E-state index < -0.39 is 35.6 Å². The van der Waals surface area contributed by atoms with E-state index in [1.54, 1.807) is 0 Å². The van der Waals surface area contributed by atoms with Crippen molar-refractivity contribution in [3.8, 4) is 0 Å². The Morgan fingerprint density at radius 1 is 1.03 bits per heavy atom. The number of carbonyl (C=O) groups is 3. The Morgan fingerprint density at radius 2 is 1.67 bits per heavy atom. The Bertz CT molecular complexity index is 893. The van der Waals surface area contributed by atoms with E-state index in [2.05, 4.69) is 5.32 Å². The number of nitrogens with one attached hydrogen (secondary N) is 1. The third-order valence-corrected chi connectivity index (χ3v) is 5.44. The van der Waals surface area contributed by atoms with Gasteiger partial charge < -0.3 is 15.0 Å². The van der Waals surface area contributed by atoms with Gasteiger partial charge in [0, 0.05) is 12.7 Å². The maximum absolute atomic E-state index is 12.9. The molecule has 0 unspecified atom stereocenters. The van der Waals surface area contributed by atoms with Crippen molar-refractivity contribution < 1.29 is 23.5 Å². The molecule has 2 amide bonds. The molecule has 1 aliphatic rings. The van der Waals surface area contributed by atoms with E-state index in [-0.39, 0.29) is 6.54 Å². The molecule has 0 spiro atoms. The lowest BCUT2D eigenvalue weighted by molar-refractivity contribution is -0.156. The van der Waals surface area contributed by atoms with Gasteiger partial charge in [-0.1, -0.05) is 43.2 Å². The van der Waals surface area contributed by atoms with Crippen molar-refractivity contribution in [1.29, 1.82) is 0 Å². The maximum atomic E-state index is 12.9. The zero-order valence-corrected chi connectivity index (χ0v) is 16.9. The van der Waals surface area contributed by atoms with E-state index in [1.807, 2.05) is 30.3 Å². The molecule has 0 bridgehead atoms. The van der Waals surface area contributed by atoms with Crippen LogP contribution in [0.4, 0.5) is 10.1 Å². The quantitative estimate of drug-likeness (QED) is 0.708. The molecule has 158 valence electrons. The fourth-order valence-electron chi connectivity index (χ4n) is 3.76. The summed E-state index contributed by atoms with van der Waals surface area (Å²) >= 11 is 0. The molecule has 6 nitrogen and oxygen atoms in total. The van der Waals surface area contributed by atoms with Crippen LogP contribution in [-0.2, 0) is 24.5 Å². The molecule has 3 rings (SSSR count). The van der Waals surface area contributed by atoms with Crippen LogP contribution in [0.5, 0.6) is 0 Å². The highest BCUT2D eigenvalue weighted by atomic mass is 19.1. The summed E-state index contributed by atoms with van der Waals surface area (Å²) in [6.45, 7) is -0.634. The van der Waals surface area contributed by atoms with Crippen LogP contribution in [-0.4, -0.2) is 42.9 Å². The molecule has 30 heavy (non-hydrogen) atoms. The first-order valence-electron chi connectivity index (χ1n) is 9.93. The van der Waals surface area contributed by atoms with E-state index in [0.29, 0.717) is 18.5 Å². The van der Waals surface area contributed by atoms with Crippen LogP contribution in [0.15, 0.2) is 54.6 Å². The summed E-state index contributed by atoms with van der Waals surface area (Å²) in [6.07, 6.45) is 3.25. The number of hydrogen-bond donors (Lipinski definition) is 1. The van der Waals surface area contributed by atoms with Crippen molar-refractivity contribution in [2.45, 2.75) is 31.1 Å². The maximum Gasteiger partial charge on any atom is 0.317 e. The number of ether oxygens (including phenoxy) is 1. The first-order valence-corrected chi connectivity index (χ1v) is 9.93. The predicted molar refractivity (Wildman–Crippen MR) is 110 cm³/mol. The van der Waals surface area contributed by atoms with Crippen molar-refractivity contribution >= 4 is 23.5 Å². The van der Waals surface area contributed by atoms with Gasteiger partial charge in [0.1, 0.15) is 5.82 Å². The van der Waals surface area contributed by atoms with Gasteiger partial charge in [-0.2, -0.15) is 0 Å². The van der Waals surface area contributed by atoms with E-state index >= 15 is 0 Å². The lowest BCUT2D eigenvalue weighted by Crippen LogP contribution is -2.40. The molecule has 2 aromatic rings. The molecular formula is C23H25FN2O4. The Kier molecular flexibility index (Phi) is 6.82. The van der Waals surface area contributed by atoms with E-state index in [9.17, 15) is 18.8 Å². The summed E-state index contributed by atoms with van der Waals surface area (Å²) in [5.74, 6) is -1.71. The first kappa shape index (κ1) is 21.5. The zero-order valence-electron chi connectivity index (χ0n) is 16.9. The van der Waals surface area contributed by atoms with Crippen molar-refractivity contribution in [1.82, 2.24) is 4.90 Å². The van der Waals surface area contributed by atoms with Crippen molar-refractivity contribution in [2.75, 3.05) is 25.5 Å². The highest BCUT2D eigenvalue weighted by Gasteiger charge is 2.44. The first-order chi connectivity index (χ1) is 14.4. The van der Waals surface area contributed by atoms with Crippen LogP contribution in [0.1, 0.15) is 31.2 Å². The van der Waals surface area contributed by atoms with E-state index in [0.717, 1.165) is 18.4 Å². The lowest BCUT2D eigenvalue weighted by atomic mass is 9.79. The monoisotopic (exact) mass is 412 g/mol. The van der Waals surface area contributed by atoms with Gasteiger partial charge in [-0.3, -0.25) is 14.4 Å². The van der Waals surface area contributed by atoms with Gasteiger partial charge in [-0.15, -0.1) is 0 Å². The van der Waals surface area contributed by atoms with E-state index in [4.69, 9.17) is 4.74 Å². The van der Waals surface area contributed by atoms with Gasteiger partial charge >= 0.3 is 5.97 Å². The van der Waals surface area contributed by atoms with Gasteiger partial charge in [0.25, 0.3) is 5.91 Å². The Morgan fingerprint density at radius 3 is 2.30 bits per heavy atom. The minimum absolute atomic E-state index is 0.211. The summed E-state index contributed by atoms with van der Waals surface area (Å²) in [7, 11) is 1.46. The number of amides is 2. The van der Waals surface area contributed by atoms with Crippen LogP contribution < -0.4 is 5.32 Å². The molecule has 1 N–H and O–H groups in total. The second kappa shape index (κ2) is 9.52. The molecule has 0 atom stereocenters. The fraction of sp³-hybridized carbons (Fsp3) is 0.348. The number of carbonyl (C=O) groups excluding carboxylic acids is 3. The predicted octanol–water partition coefficient (Wildman–Crippen LogP) is 3.28. The summed E-state index contributed by atoms with van der Waals surface area (Å²) in [5.41, 5.74) is 0.631. The summed E-state index contributed by atoms with van der Waals surface area (Å²) in [5, 5.41) is 2.58.